The maximum atomic E-state index is 6.82. The van der Waals surface area contributed by atoms with Crippen molar-refractivity contribution in [2.45, 2.75) is 175 Å². The van der Waals surface area contributed by atoms with Crippen molar-refractivity contribution < 1.29 is 75.8 Å². The average molecular weight is 1680 g/mol. The highest BCUT2D eigenvalue weighted by Gasteiger charge is 2.62. The van der Waals surface area contributed by atoms with Crippen LogP contribution in [0.2, 0.25) is 0 Å². The van der Waals surface area contributed by atoms with Gasteiger partial charge in [-0.05, 0) is 38.1 Å². The molecule has 0 amide bonds. The van der Waals surface area contributed by atoms with E-state index in [0.29, 0.717) is 119 Å². The van der Waals surface area contributed by atoms with E-state index in [1.165, 1.54) is 11.1 Å². The molecule has 0 aromatic heterocycles. The smallest absolute Gasteiger partial charge is 0.221 e. The summed E-state index contributed by atoms with van der Waals surface area (Å²) in [7, 11) is -14.1. The number of hydrogen-bond acceptors (Lipinski definition) is 34. The quantitative estimate of drug-likeness (QED) is 0.176. The minimum atomic E-state index is -3.13. The molecule has 20 heterocycles. The molecule has 18 fully saturated rings. The van der Waals surface area contributed by atoms with Crippen molar-refractivity contribution in [3.63, 3.8) is 0 Å². The molecule has 34 nitrogen and oxygen atoms in total. The molecule has 2 unspecified atom stereocenters. The summed E-state index contributed by atoms with van der Waals surface area (Å²) in [5.74, 6) is -4.89. The van der Waals surface area contributed by atoms with Crippen molar-refractivity contribution in [3.05, 3.63) is 35.4 Å². The zero-order chi connectivity index (χ0) is 75.1. The van der Waals surface area contributed by atoms with E-state index in [2.05, 4.69) is 94.4 Å². The number of ether oxygens (including phenoxy) is 16. The molecular formula is C72H122N18O16P6. The van der Waals surface area contributed by atoms with E-state index >= 15 is 0 Å². The molecule has 10 spiro atoms. The minimum absolute atomic E-state index is 0.610. The van der Waals surface area contributed by atoms with E-state index in [1.807, 2.05) is 0 Å². The van der Waals surface area contributed by atoms with E-state index in [-0.39, 0.29) is 0 Å². The maximum Gasteiger partial charge on any atom is 0.221 e. The molecule has 0 N–H and O–H groups in total. The lowest BCUT2D eigenvalue weighted by Gasteiger charge is -2.57. The Hall–Kier alpha value is -0.520. The summed E-state index contributed by atoms with van der Waals surface area (Å²) in [6.45, 7) is 26.3. The van der Waals surface area contributed by atoms with Gasteiger partial charge in [0.05, 0.1) is 106 Å². The Morgan fingerprint density at radius 3 is 0.598 bits per heavy atom. The predicted octanol–water partition coefficient (Wildman–Crippen LogP) is 10.4. The van der Waals surface area contributed by atoms with Gasteiger partial charge in [-0.15, -0.1) is 0 Å². The third-order valence-electron chi connectivity index (χ3n) is 28.2. The van der Waals surface area contributed by atoms with Gasteiger partial charge < -0.3 is 75.8 Å². The number of nitrogens with zero attached hydrogens (tertiary/aromatic N) is 18. The summed E-state index contributed by atoms with van der Waals surface area (Å²) in [6.07, 6.45) is 13.8. The fourth-order valence-corrected chi connectivity index (χ4v) is 54.1. The first-order valence-corrected chi connectivity index (χ1v) is 52.3. The number of benzene rings is 1. The second kappa shape index (κ2) is 30.8. The third-order valence-corrected chi connectivity index (χ3v) is 53.4. The summed E-state index contributed by atoms with van der Waals surface area (Å²) in [6, 6.07) is 9.60. The SMILES string of the molecule is CN1CCCN(Cc2cccc(CN3CCCN(C)P34=NP(N3CCC5(CC3)OCCO5)(N3CCC5(CC3)OCCO5)=NP(N3CCC5(CC3)OCCO5)(N3CCC5(CC3)OCCO5)=N4)c2)P12=NP(N1CCC3(CC1)OCCO3)(N1CCC3(CC1)OCCO3)=NP(N1CCC3(CC1)OCCO3)(N1CCC3(CC1)OCCO3)=N2. The zero-order valence-corrected chi connectivity index (χ0v) is 71.5. The molecule has 0 saturated carbocycles. The lowest BCUT2D eigenvalue weighted by molar-refractivity contribution is -0.183. The lowest BCUT2D eigenvalue weighted by Crippen LogP contribution is -2.51. The third kappa shape index (κ3) is 13.8. The molecular weight excluding hydrogens is 1560 g/mol. The van der Waals surface area contributed by atoms with Gasteiger partial charge in [0.2, 0.25) is 45.0 Å². The van der Waals surface area contributed by atoms with Gasteiger partial charge in [-0.2, -0.15) is 27.1 Å². The fourth-order valence-electron chi connectivity index (χ4n) is 21.8. The van der Waals surface area contributed by atoms with Gasteiger partial charge in [-0.3, -0.25) is 0 Å². The topological polar surface area (TPSA) is 261 Å². The molecule has 18 saturated heterocycles. The first-order valence-electron chi connectivity index (χ1n) is 42.7. The van der Waals surface area contributed by atoms with Crippen LogP contribution >= 0.6 is 45.0 Å². The van der Waals surface area contributed by atoms with Crippen molar-refractivity contribution in [1.82, 2.24) is 56.0 Å². The van der Waals surface area contributed by atoms with Gasteiger partial charge in [-0.1, -0.05) is 24.3 Å². The van der Waals surface area contributed by atoms with Crippen LogP contribution < -0.4 is 0 Å². The largest absolute Gasteiger partial charge is 0.347 e. The molecule has 112 heavy (non-hydrogen) atoms. The van der Waals surface area contributed by atoms with Crippen LogP contribution in [-0.2, 0) is 88.9 Å². The van der Waals surface area contributed by atoms with E-state index in [9.17, 15) is 0 Å². The number of piperidine rings is 8. The van der Waals surface area contributed by atoms with E-state index in [4.69, 9.17) is 103 Å². The van der Waals surface area contributed by atoms with Gasteiger partial charge in [0.1, 0.15) is 0 Å². The molecule has 0 aliphatic carbocycles. The summed E-state index contributed by atoms with van der Waals surface area (Å²) in [5, 5.41) is 0. The van der Waals surface area contributed by atoms with Gasteiger partial charge in [0.25, 0.3) is 0 Å². The van der Waals surface area contributed by atoms with Crippen LogP contribution in [0.25, 0.3) is 0 Å². The Morgan fingerprint density at radius 1 is 0.241 bits per heavy atom. The molecule has 20 aliphatic rings. The Kier molecular flexibility index (Phi) is 21.6. The van der Waals surface area contributed by atoms with Gasteiger partial charge in [0, 0.05) is 247 Å². The Labute approximate surface area is 661 Å². The molecule has 626 valence electrons. The van der Waals surface area contributed by atoms with Gasteiger partial charge in [-0.25, -0.2) is 56.0 Å². The summed E-state index contributed by atoms with van der Waals surface area (Å²) in [5.41, 5.74) is 2.49. The predicted molar refractivity (Wildman–Crippen MR) is 421 cm³/mol. The Bertz CT molecular complexity index is 3380. The summed E-state index contributed by atoms with van der Waals surface area (Å²) >= 11 is 0. The van der Waals surface area contributed by atoms with Crippen LogP contribution in [0.15, 0.2) is 51.4 Å². The zero-order valence-electron chi connectivity index (χ0n) is 66.2. The van der Waals surface area contributed by atoms with Gasteiger partial charge in [0.15, 0.2) is 46.3 Å². The Balaban J connectivity index is 0.702. The fraction of sp³-hybridized carbons (Fsp3) is 0.917. The average Bonchev–Trinajstić information content (AvgIpc) is 0.726. The molecule has 1 aromatic rings. The van der Waals surface area contributed by atoms with Crippen molar-refractivity contribution in [3.8, 4) is 0 Å². The summed E-state index contributed by atoms with van der Waals surface area (Å²) < 4.78 is 179. The standard InChI is InChI=1S/C72H122N18O16P6/c1-79-24-4-26-89(107(79)73-109(81-28-8-65(9-29-81)91-44-45-92-65,82-30-10-66(11-31-82)93-46-47-94-66)77-110(74-107,83-32-12-67(13-33-83)95-48-49-96-67)84-34-14-68(15-35-84)97-50-51-98-68)61-63-6-3-7-64(60-63)62-90-27-5-25-80(2)108(90)75-111(85-36-16-69(17-37-85)99-52-53-100-69,86-38-18-70(19-39-86)101-54-55-102-70)78-112(76-108,87-40-20-71(21-41-87)103-56-57-104-71)88-42-22-72(23-43-88)105-58-59-106-72/h3,6-7,60H,4-5,8-59,61-62H2,1-2H3. The maximum absolute atomic E-state index is 6.82. The monoisotopic (exact) mass is 1680 g/mol. The molecule has 40 heteroatoms. The molecule has 2 atom stereocenters. The summed E-state index contributed by atoms with van der Waals surface area (Å²) in [4.78, 5) is 0. The number of rotatable bonds is 12. The highest BCUT2D eigenvalue weighted by Crippen LogP contribution is 2.87. The van der Waals surface area contributed by atoms with Crippen LogP contribution in [0.1, 0.15) is 127 Å². The first-order chi connectivity index (χ1) is 54.6. The molecule has 21 rings (SSSR count). The molecule has 20 aliphatic heterocycles. The van der Waals surface area contributed by atoms with Crippen LogP contribution in [0, 0.1) is 0 Å². The lowest BCUT2D eigenvalue weighted by atomic mass is 10.1. The number of hydrogen-bond donors (Lipinski definition) is 0. The van der Waals surface area contributed by atoms with Crippen LogP contribution in [-0.4, -0.2) is 353 Å². The normalized spacial score (nSPS) is 36.2. The van der Waals surface area contributed by atoms with Crippen LogP contribution in [0.4, 0.5) is 0 Å². The van der Waals surface area contributed by atoms with Crippen molar-refractivity contribution in [2.75, 3.05) is 251 Å². The van der Waals surface area contributed by atoms with E-state index < -0.39 is 91.3 Å². The molecule has 1 aromatic carbocycles. The second-order valence-corrected chi connectivity index (χ2v) is 52.1. The first kappa shape index (κ1) is 78.7. The molecule has 0 radical (unpaired) electrons. The van der Waals surface area contributed by atoms with Gasteiger partial charge >= 0.3 is 0 Å². The van der Waals surface area contributed by atoms with Crippen LogP contribution in [0.5, 0.6) is 0 Å². The highest BCUT2D eigenvalue weighted by molar-refractivity contribution is 7.84. The second-order valence-electron chi connectivity index (χ2n) is 34.3. The van der Waals surface area contributed by atoms with E-state index in [0.717, 1.165) is 246 Å². The van der Waals surface area contributed by atoms with Crippen molar-refractivity contribution in [1.29, 1.82) is 0 Å². The Morgan fingerprint density at radius 2 is 0.411 bits per heavy atom. The highest BCUT2D eigenvalue weighted by atomic mass is 31.3. The van der Waals surface area contributed by atoms with Crippen LogP contribution in [0.3, 0.4) is 0 Å². The minimum Gasteiger partial charge on any atom is -0.347 e. The van der Waals surface area contributed by atoms with Crippen molar-refractivity contribution in [2.24, 2.45) is 27.1 Å². The molecule has 0 bridgehead atoms. The van der Waals surface area contributed by atoms with E-state index in [1.54, 1.807) is 0 Å². The van der Waals surface area contributed by atoms with Crippen molar-refractivity contribution >= 4 is 45.0 Å².